The van der Waals surface area contributed by atoms with Crippen molar-refractivity contribution in [2.75, 3.05) is 23.3 Å². The summed E-state index contributed by atoms with van der Waals surface area (Å²) in [6.07, 6.45) is 4.31. The van der Waals surface area contributed by atoms with Gasteiger partial charge in [0.15, 0.2) is 0 Å². The highest BCUT2D eigenvalue weighted by atomic mass is 16.1. The summed E-state index contributed by atoms with van der Waals surface area (Å²) in [6.45, 7) is 1.86. The van der Waals surface area contributed by atoms with Crippen molar-refractivity contribution in [3.8, 4) is 11.1 Å². The second kappa shape index (κ2) is 7.28. The van der Waals surface area contributed by atoms with Crippen molar-refractivity contribution < 1.29 is 4.79 Å². The molecule has 26 heavy (non-hydrogen) atoms. The summed E-state index contributed by atoms with van der Waals surface area (Å²) in [5.74, 6) is -0.0939. The number of rotatable bonds is 4. The summed E-state index contributed by atoms with van der Waals surface area (Å²) < 4.78 is 0. The van der Waals surface area contributed by atoms with Crippen LogP contribution in [0.4, 0.5) is 11.4 Å². The maximum Gasteiger partial charge on any atom is 0.255 e. The van der Waals surface area contributed by atoms with Crippen LogP contribution in [-0.4, -0.2) is 19.0 Å². The summed E-state index contributed by atoms with van der Waals surface area (Å²) in [6, 6.07) is 25.9. The fourth-order valence-electron chi connectivity index (χ4n) is 3.09. The van der Waals surface area contributed by atoms with Gasteiger partial charge in [-0.1, -0.05) is 54.6 Å². The van der Waals surface area contributed by atoms with E-state index in [0.717, 1.165) is 35.6 Å². The van der Waals surface area contributed by atoms with Gasteiger partial charge in [0.1, 0.15) is 0 Å². The average Bonchev–Trinajstić information content (AvgIpc) is 3.24. The van der Waals surface area contributed by atoms with Crippen LogP contribution in [0.2, 0.25) is 0 Å². The topological polar surface area (TPSA) is 32.3 Å². The highest BCUT2D eigenvalue weighted by molar-refractivity contribution is 6.04. The molecule has 0 fully saturated rings. The van der Waals surface area contributed by atoms with Crippen molar-refractivity contribution >= 4 is 17.3 Å². The molecule has 0 saturated carbocycles. The van der Waals surface area contributed by atoms with Gasteiger partial charge in [0.2, 0.25) is 0 Å². The zero-order valence-electron chi connectivity index (χ0n) is 14.4. The molecule has 4 rings (SSSR count). The molecule has 3 nitrogen and oxygen atoms in total. The Bertz CT molecular complexity index is 905. The number of benzene rings is 3. The molecule has 1 amide bonds. The van der Waals surface area contributed by atoms with Crippen molar-refractivity contribution in [2.45, 2.75) is 0 Å². The molecule has 1 aliphatic heterocycles. The fourth-order valence-corrected chi connectivity index (χ4v) is 3.09. The van der Waals surface area contributed by atoms with E-state index in [2.05, 4.69) is 34.5 Å². The summed E-state index contributed by atoms with van der Waals surface area (Å²) >= 11 is 0. The minimum Gasteiger partial charge on any atom is -0.364 e. The molecular weight excluding hydrogens is 320 g/mol. The van der Waals surface area contributed by atoms with Gasteiger partial charge in [0.25, 0.3) is 5.91 Å². The normalized spacial score (nSPS) is 13.0. The first-order valence-electron chi connectivity index (χ1n) is 8.76. The van der Waals surface area contributed by atoms with Gasteiger partial charge in [0.05, 0.1) is 0 Å². The Morgan fingerprint density at radius 1 is 0.731 bits per heavy atom. The number of hydrogen-bond acceptors (Lipinski definition) is 2. The Morgan fingerprint density at radius 2 is 1.35 bits per heavy atom. The number of nitrogens with one attached hydrogen (secondary N) is 1. The molecule has 0 unspecified atom stereocenters. The van der Waals surface area contributed by atoms with Crippen LogP contribution in [0.3, 0.4) is 0 Å². The highest BCUT2D eigenvalue weighted by Gasteiger charge is 2.10. The lowest BCUT2D eigenvalue weighted by Crippen LogP contribution is -2.18. The van der Waals surface area contributed by atoms with E-state index < -0.39 is 0 Å². The molecule has 0 spiro atoms. The molecule has 1 heterocycles. The van der Waals surface area contributed by atoms with Gasteiger partial charge in [-0.3, -0.25) is 4.79 Å². The monoisotopic (exact) mass is 340 g/mol. The largest absolute Gasteiger partial charge is 0.364 e. The van der Waals surface area contributed by atoms with E-state index in [4.69, 9.17) is 0 Å². The van der Waals surface area contributed by atoms with Crippen LogP contribution in [0.1, 0.15) is 10.4 Å². The molecule has 0 bridgehead atoms. The summed E-state index contributed by atoms with van der Waals surface area (Å²) in [5.41, 5.74) is 4.89. The Morgan fingerprint density at radius 3 is 2.00 bits per heavy atom. The van der Waals surface area contributed by atoms with Gasteiger partial charge in [-0.2, -0.15) is 0 Å². The van der Waals surface area contributed by atoms with E-state index in [0.29, 0.717) is 5.56 Å². The van der Waals surface area contributed by atoms with E-state index in [1.165, 1.54) is 0 Å². The summed E-state index contributed by atoms with van der Waals surface area (Å²) in [7, 11) is 0. The second-order valence-corrected chi connectivity index (χ2v) is 6.32. The fraction of sp³-hybridized carbons (Fsp3) is 0.0870. The summed E-state index contributed by atoms with van der Waals surface area (Å²) in [4.78, 5) is 14.7. The third kappa shape index (κ3) is 3.52. The van der Waals surface area contributed by atoms with Crippen molar-refractivity contribution in [1.29, 1.82) is 0 Å². The smallest absolute Gasteiger partial charge is 0.255 e. The van der Waals surface area contributed by atoms with Crippen LogP contribution in [0, 0.1) is 0 Å². The third-order valence-corrected chi connectivity index (χ3v) is 4.56. The van der Waals surface area contributed by atoms with Gasteiger partial charge in [-0.05, 0) is 47.5 Å². The summed E-state index contributed by atoms with van der Waals surface area (Å²) in [5, 5.41) is 2.96. The van der Waals surface area contributed by atoms with E-state index in [1.807, 2.05) is 66.7 Å². The third-order valence-electron chi connectivity index (χ3n) is 4.56. The standard InChI is InChI=1S/C23H20N2O/c26-23(20-10-14-22(15-11-20)25-16-4-5-17-25)24-21-12-8-19(9-13-21)18-6-2-1-3-7-18/h1-15H,16-17H2,(H,24,26). The SMILES string of the molecule is O=C(Nc1ccc(-c2ccccc2)cc1)c1ccc(N2CC=CC2)cc1. The maximum atomic E-state index is 12.5. The van der Waals surface area contributed by atoms with Crippen LogP contribution in [-0.2, 0) is 0 Å². The second-order valence-electron chi connectivity index (χ2n) is 6.32. The van der Waals surface area contributed by atoms with Gasteiger partial charge in [0, 0.05) is 30.0 Å². The number of nitrogens with zero attached hydrogens (tertiary/aromatic N) is 1. The van der Waals surface area contributed by atoms with Crippen molar-refractivity contribution in [3.05, 3.63) is 96.6 Å². The molecule has 3 heteroatoms. The molecule has 0 atom stereocenters. The molecule has 0 radical (unpaired) electrons. The zero-order chi connectivity index (χ0) is 17.8. The van der Waals surface area contributed by atoms with E-state index >= 15 is 0 Å². The molecule has 0 saturated heterocycles. The maximum absolute atomic E-state index is 12.5. The first-order chi connectivity index (χ1) is 12.8. The Labute approximate surface area is 153 Å². The lowest BCUT2D eigenvalue weighted by atomic mass is 10.1. The molecule has 3 aromatic carbocycles. The van der Waals surface area contributed by atoms with E-state index in [9.17, 15) is 4.79 Å². The van der Waals surface area contributed by atoms with Gasteiger partial charge >= 0.3 is 0 Å². The molecule has 0 aliphatic carbocycles. The molecule has 128 valence electrons. The predicted molar refractivity (Wildman–Crippen MR) is 108 cm³/mol. The lowest BCUT2D eigenvalue weighted by molar-refractivity contribution is 0.102. The number of hydrogen-bond donors (Lipinski definition) is 1. The molecule has 3 aromatic rings. The number of carbonyl (C=O) groups is 1. The van der Waals surface area contributed by atoms with Crippen molar-refractivity contribution in [1.82, 2.24) is 0 Å². The number of amides is 1. The van der Waals surface area contributed by atoms with E-state index in [-0.39, 0.29) is 5.91 Å². The van der Waals surface area contributed by atoms with Gasteiger partial charge in [-0.25, -0.2) is 0 Å². The van der Waals surface area contributed by atoms with Gasteiger partial charge < -0.3 is 10.2 Å². The van der Waals surface area contributed by atoms with Crippen LogP contribution in [0.5, 0.6) is 0 Å². The Hall–Kier alpha value is -3.33. The minimum atomic E-state index is -0.0939. The minimum absolute atomic E-state index is 0.0939. The average molecular weight is 340 g/mol. The van der Waals surface area contributed by atoms with Crippen LogP contribution in [0.25, 0.3) is 11.1 Å². The quantitative estimate of drug-likeness (QED) is 0.679. The molecule has 0 aromatic heterocycles. The number of anilines is 2. The van der Waals surface area contributed by atoms with Crippen LogP contribution >= 0.6 is 0 Å². The highest BCUT2D eigenvalue weighted by Crippen LogP contribution is 2.22. The Kier molecular flexibility index (Phi) is 4.52. The molecule has 1 aliphatic rings. The van der Waals surface area contributed by atoms with Gasteiger partial charge in [-0.15, -0.1) is 0 Å². The first kappa shape index (κ1) is 16.2. The predicted octanol–water partition coefficient (Wildman–Crippen LogP) is 4.98. The zero-order valence-corrected chi connectivity index (χ0v) is 14.4. The Balaban J connectivity index is 1.43. The van der Waals surface area contributed by atoms with Crippen molar-refractivity contribution in [3.63, 3.8) is 0 Å². The van der Waals surface area contributed by atoms with Crippen LogP contribution in [0.15, 0.2) is 91.0 Å². The molecular formula is C23H20N2O. The van der Waals surface area contributed by atoms with E-state index in [1.54, 1.807) is 0 Å². The van der Waals surface area contributed by atoms with Crippen LogP contribution < -0.4 is 10.2 Å². The first-order valence-corrected chi connectivity index (χ1v) is 8.76. The van der Waals surface area contributed by atoms with Crippen molar-refractivity contribution in [2.24, 2.45) is 0 Å². The number of carbonyl (C=O) groups excluding carboxylic acids is 1. The lowest BCUT2D eigenvalue weighted by Gasteiger charge is -2.17. The molecule has 1 N–H and O–H groups in total.